The van der Waals surface area contributed by atoms with Crippen molar-refractivity contribution in [3.63, 3.8) is 0 Å². The molecule has 0 amide bonds. The van der Waals surface area contributed by atoms with Gasteiger partial charge < -0.3 is 19.1 Å². The summed E-state index contributed by atoms with van der Waals surface area (Å²) < 4.78 is 30.6. The van der Waals surface area contributed by atoms with Crippen molar-refractivity contribution < 1.29 is 18.3 Å². The summed E-state index contributed by atoms with van der Waals surface area (Å²) in [6.45, 7) is 8.33. The number of ether oxygens (including phenoxy) is 1. The molecule has 0 aliphatic carbocycles. The van der Waals surface area contributed by atoms with E-state index in [-0.39, 0.29) is 12.2 Å². The fourth-order valence-electron chi connectivity index (χ4n) is 2.85. The van der Waals surface area contributed by atoms with Gasteiger partial charge >= 0.3 is 7.60 Å². The van der Waals surface area contributed by atoms with Gasteiger partial charge in [0.1, 0.15) is 5.75 Å². The maximum absolute atomic E-state index is 13.5. The summed E-state index contributed by atoms with van der Waals surface area (Å²) in [7, 11) is -3.37. The largest absolute Gasteiger partial charge is 0.494 e. The Hall–Kier alpha value is -1.81. The number of benzene rings is 2. The molecule has 2 aromatic rings. The second kappa shape index (κ2) is 7.83. The molecule has 1 N–H and O–H groups in total. The van der Waals surface area contributed by atoms with Gasteiger partial charge in [0, 0.05) is 5.69 Å². The van der Waals surface area contributed by atoms with Gasteiger partial charge in [-0.3, -0.25) is 4.57 Å². The van der Waals surface area contributed by atoms with Crippen LogP contribution in [-0.2, 0) is 13.6 Å². The van der Waals surface area contributed by atoms with Crippen molar-refractivity contribution in [2.45, 2.75) is 45.7 Å². The Kier molecular flexibility index (Phi) is 5.71. The fourth-order valence-corrected chi connectivity index (χ4v) is 5.25. The first-order valence-electron chi connectivity index (χ1n) is 8.94. The fraction of sp³-hybridized carbons (Fsp3) is 0.400. The summed E-state index contributed by atoms with van der Waals surface area (Å²) in [5, 5.41) is 3.34. The van der Waals surface area contributed by atoms with Crippen LogP contribution in [0.5, 0.6) is 5.75 Å². The zero-order valence-corrected chi connectivity index (χ0v) is 16.5. The standard InChI is InChI=1S/C20H26NO4P/c1-5-23-19-12-8-17(9-13-19)20(21-18-10-6-14(2)7-11-18)26(22)24-15(3)16(4)25-26/h6-13,15-16,20-21H,5H2,1-4H3/t15-,16-,20-/m1/s1. The van der Waals surface area contributed by atoms with E-state index in [0.717, 1.165) is 22.6 Å². The van der Waals surface area contributed by atoms with E-state index in [2.05, 4.69) is 5.32 Å². The lowest BCUT2D eigenvalue weighted by atomic mass is 10.2. The van der Waals surface area contributed by atoms with Crippen LogP contribution in [0.4, 0.5) is 5.69 Å². The van der Waals surface area contributed by atoms with E-state index in [1.54, 1.807) is 0 Å². The molecule has 0 unspecified atom stereocenters. The van der Waals surface area contributed by atoms with Gasteiger partial charge in [0.05, 0.1) is 18.8 Å². The Labute approximate surface area is 155 Å². The predicted molar refractivity (Wildman–Crippen MR) is 104 cm³/mol. The Morgan fingerprint density at radius 1 is 1.04 bits per heavy atom. The molecular weight excluding hydrogens is 349 g/mol. The van der Waals surface area contributed by atoms with Crippen LogP contribution >= 0.6 is 7.60 Å². The number of hydrogen-bond donors (Lipinski definition) is 1. The van der Waals surface area contributed by atoms with E-state index in [4.69, 9.17) is 13.8 Å². The van der Waals surface area contributed by atoms with E-state index >= 15 is 0 Å². The van der Waals surface area contributed by atoms with Gasteiger partial charge in [-0.1, -0.05) is 29.8 Å². The molecule has 2 aromatic carbocycles. The number of aryl methyl sites for hydroxylation is 1. The lowest BCUT2D eigenvalue weighted by molar-refractivity contribution is 0.187. The molecule has 0 aromatic heterocycles. The highest BCUT2D eigenvalue weighted by atomic mass is 31.2. The minimum atomic E-state index is -3.37. The van der Waals surface area contributed by atoms with Crippen LogP contribution in [-0.4, -0.2) is 18.8 Å². The van der Waals surface area contributed by atoms with Gasteiger partial charge in [0.25, 0.3) is 0 Å². The smallest absolute Gasteiger partial charge is 0.357 e. The summed E-state index contributed by atoms with van der Waals surface area (Å²) in [6, 6.07) is 15.5. The number of hydrogen-bond acceptors (Lipinski definition) is 5. The molecule has 1 aliphatic heterocycles. The molecule has 140 valence electrons. The second-order valence-electron chi connectivity index (χ2n) is 6.58. The third-order valence-electron chi connectivity index (χ3n) is 4.47. The first-order chi connectivity index (χ1) is 12.4. The topological polar surface area (TPSA) is 56.8 Å². The van der Waals surface area contributed by atoms with Crippen molar-refractivity contribution in [1.29, 1.82) is 0 Å². The molecular formula is C20H26NO4P. The Balaban J connectivity index is 1.93. The zero-order chi connectivity index (χ0) is 18.7. The molecule has 26 heavy (non-hydrogen) atoms. The first kappa shape index (κ1) is 19.0. The molecule has 5 nitrogen and oxygen atoms in total. The van der Waals surface area contributed by atoms with Crippen LogP contribution < -0.4 is 10.1 Å². The molecule has 0 radical (unpaired) electrons. The van der Waals surface area contributed by atoms with Crippen LogP contribution in [0.3, 0.4) is 0 Å². The van der Waals surface area contributed by atoms with Crippen molar-refractivity contribution in [3.8, 4) is 5.75 Å². The van der Waals surface area contributed by atoms with Gasteiger partial charge in [0.15, 0.2) is 5.78 Å². The molecule has 3 atom stereocenters. The molecule has 3 rings (SSSR count). The monoisotopic (exact) mass is 375 g/mol. The van der Waals surface area contributed by atoms with Crippen molar-refractivity contribution in [2.24, 2.45) is 0 Å². The van der Waals surface area contributed by atoms with E-state index in [9.17, 15) is 4.57 Å². The van der Waals surface area contributed by atoms with Gasteiger partial charge in [-0.25, -0.2) is 0 Å². The highest BCUT2D eigenvalue weighted by molar-refractivity contribution is 7.54. The quantitative estimate of drug-likeness (QED) is 0.674. The van der Waals surface area contributed by atoms with Crippen molar-refractivity contribution in [2.75, 3.05) is 11.9 Å². The third-order valence-corrected chi connectivity index (χ3v) is 6.78. The molecule has 0 spiro atoms. The Bertz CT molecular complexity index is 761. The predicted octanol–water partition coefficient (Wildman–Crippen LogP) is 5.52. The van der Waals surface area contributed by atoms with Crippen molar-refractivity contribution >= 4 is 13.3 Å². The molecule has 6 heteroatoms. The first-order valence-corrected chi connectivity index (χ1v) is 10.5. The van der Waals surface area contributed by atoms with Gasteiger partial charge in [-0.15, -0.1) is 0 Å². The minimum absolute atomic E-state index is 0.217. The summed E-state index contributed by atoms with van der Waals surface area (Å²) in [4.78, 5) is 0. The van der Waals surface area contributed by atoms with Crippen LogP contribution in [0.25, 0.3) is 0 Å². The van der Waals surface area contributed by atoms with Crippen LogP contribution in [0.15, 0.2) is 48.5 Å². The molecule has 1 saturated heterocycles. The van der Waals surface area contributed by atoms with Gasteiger partial charge in [-0.2, -0.15) is 0 Å². The Morgan fingerprint density at radius 3 is 2.15 bits per heavy atom. The summed E-state index contributed by atoms with van der Waals surface area (Å²) in [6.07, 6.45) is -0.434. The van der Waals surface area contributed by atoms with Crippen LogP contribution in [0, 0.1) is 6.92 Å². The van der Waals surface area contributed by atoms with Gasteiger partial charge in [-0.05, 0) is 57.5 Å². The van der Waals surface area contributed by atoms with Crippen LogP contribution in [0.1, 0.15) is 37.7 Å². The van der Waals surface area contributed by atoms with E-state index in [0.29, 0.717) is 6.61 Å². The van der Waals surface area contributed by atoms with Gasteiger partial charge in [0.2, 0.25) is 0 Å². The molecule has 1 heterocycles. The summed E-state index contributed by atoms with van der Waals surface area (Å²) in [5.74, 6) is 0.187. The third kappa shape index (κ3) is 4.12. The lowest BCUT2D eigenvalue weighted by Crippen LogP contribution is -2.13. The maximum atomic E-state index is 13.5. The summed E-state index contributed by atoms with van der Waals surface area (Å²) >= 11 is 0. The summed E-state index contributed by atoms with van der Waals surface area (Å²) in [5.41, 5.74) is 2.86. The highest BCUT2D eigenvalue weighted by Gasteiger charge is 2.47. The van der Waals surface area contributed by atoms with Crippen LogP contribution in [0.2, 0.25) is 0 Å². The van der Waals surface area contributed by atoms with Crippen molar-refractivity contribution in [1.82, 2.24) is 0 Å². The molecule has 1 fully saturated rings. The highest BCUT2D eigenvalue weighted by Crippen LogP contribution is 2.66. The second-order valence-corrected chi connectivity index (χ2v) is 8.59. The number of rotatable bonds is 6. The molecule has 0 saturated carbocycles. The number of nitrogens with one attached hydrogen (secondary N) is 1. The minimum Gasteiger partial charge on any atom is -0.494 e. The SMILES string of the molecule is CCOc1ccc([C@H](Nc2ccc(C)cc2)P2(=O)O[C@H](C)[C@@H](C)O2)cc1. The molecule has 1 aliphatic rings. The average Bonchev–Trinajstić information content (AvgIpc) is 2.88. The lowest BCUT2D eigenvalue weighted by Gasteiger charge is -2.25. The van der Waals surface area contributed by atoms with E-state index in [1.807, 2.05) is 76.2 Å². The Morgan fingerprint density at radius 2 is 1.62 bits per heavy atom. The van der Waals surface area contributed by atoms with E-state index < -0.39 is 13.4 Å². The van der Waals surface area contributed by atoms with E-state index in [1.165, 1.54) is 0 Å². The normalized spacial score (nSPS) is 22.8. The number of anilines is 1. The average molecular weight is 375 g/mol. The van der Waals surface area contributed by atoms with Crippen molar-refractivity contribution in [3.05, 3.63) is 59.7 Å². The maximum Gasteiger partial charge on any atom is 0.357 e. The zero-order valence-electron chi connectivity index (χ0n) is 15.6. The molecule has 0 bridgehead atoms.